The van der Waals surface area contributed by atoms with Crippen LogP contribution in [0.4, 0.5) is 0 Å². The van der Waals surface area contributed by atoms with Crippen LogP contribution in [0.15, 0.2) is 85.1 Å². The highest BCUT2D eigenvalue weighted by Gasteiger charge is 2.19. The van der Waals surface area contributed by atoms with E-state index in [0.717, 1.165) is 96.3 Å². The molecule has 0 saturated carbocycles. The molecule has 0 aromatic carbocycles. The largest absolute Gasteiger partial charge is 0.462 e. The zero-order valence-corrected chi connectivity index (χ0v) is 46.7. The van der Waals surface area contributed by atoms with Crippen LogP contribution in [0.25, 0.3) is 0 Å². The van der Waals surface area contributed by atoms with Crippen LogP contribution in [-0.4, -0.2) is 37.2 Å². The number of rotatable bonds is 54. The van der Waals surface area contributed by atoms with Crippen LogP contribution in [0.3, 0.4) is 0 Å². The Morgan fingerprint density at radius 3 is 0.901 bits per heavy atom. The fourth-order valence-electron chi connectivity index (χ4n) is 8.38. The van der Waals surface area contributed by atoms with E-state index in [0.29, 0.717) is 19.3 Å². The van der Waals surface area contributed by atoms with E-state index in [1.165, 1.54) is 154 Å². The number of carbonyl (C=O) groups is 3. The van der Waals surface area contributed by atoms with Crippen molar-refractivity contribution >= 4 is 17.9 Å². The van der Waals surface area contributed by atoms with Crippen molar-refractivity contribution in [1.82, 2.24) is 0 Å². The van der Waals surface area contributed by atoms with E-state index in [1.807, 2.05) is 0 Å². The summed E-state index contributed by atoms with van der Waals surface area (Å²) in [5, 5.41) is 0. The van der Waals surface area contributed by atoms with E-state index in [1.54, 1.807) is 0 Å². The summed E-state index contributed by atoms with van der Waals surface area (Å²) in [6, 6.07) is 0. The van der Waals surface area contributed by atoms with Gasteiger partial charge in [-0.25, -0.2) is 0 Å². The number of allylic oxidation sites excluding steroid dienone is 14. The third-order valence-corrected chi connectivity index (χ3v) is 12.9. The summed E-state index contributed by atoms with van der Waals surface area (Å²) in [6.45, 7) is 6.50. The minimum Gasteiger partial charge on any atom is -0.462 e. The maximum Gasteiger partial charge on any atom is 0.306 e. The van der Waals surface area contributed by atoms with E-state index >= 15 is 0 Å². The number of unbranched alkanes of at least 4 members (excludes halogenated alkanes) is 29. The zero-order chi connectivity index (χ0) is 51.4. The molecule has 1 atom stereocenters. The molecule has 6 nitrogen and oxygen atoms in total. The van der Waals surface area contributed by atoms with E-state index in [4.69, 9.17) is 14.2 Å². The van der Waals surface area contributed by atoms with Crippen LogP contribution in [-0.2, 0) is 28.6 Å². The van der Waals surface area contributed by atoms with Crippen LogP contribution < -0.4 is 0 Å². The molecule has 0 fully saturated rings. The third-order valence-electron chi connectivity index (χ3n) is 12.9. The van der Waals surface area contributed by atoms with Gasteiger partial charge in [0.05, 0.1) is 0 Å². The number of ether oxygens (including phenoxy) is 3. The average Bonchev–Trinajstić information content (AvgIpc) is 3.37. The fraction of sp³-hybridized carbons (Fsp3) is 0.738. The Morgan fingerprint density at radius 2 is 0.549 bits per heavy atom. The highest BCUT2D eigenvalue weighted by molar-refractivity contribution is 5.71. The second-order valence-electron chi connectivity index (χ2n) is 19.9. The molecule has 0 N–H and O–H groups in total. The Labute approximate surface area is 439 Å². The first kappa shape index (κ1) is 67.6. The molecule has 0 bridgehead atoms. The monoisotopic (exact) mass is 989 g/mol. The van der Waals surface area contributed by atoms with Crippen molar-refractivity contribution in [1.29, 1.82) is 0 Å². The molecule has 0 aliphatic rings. The highest BCUT2D eigenvalue weighted by atomic mass is 16.6. The minimum absolute atomic E-state index is 0.0891. The first-order chi connectivity index (χ1) is 35.0. The van der Waals surface area contributed by atoms with Gasteiger partial charge in [0.2, 0.25) is 0 Å². The van der Waals surface area contributed by atoms with E-state index in [2.05, 4.69) is 106 Å². The molecule has 71 heavy (non-hydrogen) atoms. The Balaban J connectivity index is 4.39. The summed E-state index contributed by atoms with van der Waals surface area (Å²) in [7, 11) is 0. The van der Waals surface area contributed by atoms with Gasteiger partial charge in [-0.15, -0.1) is 0 Å². The van der Waals surface area contributed by atoms with Gasteiger partial charge < -0.3 is 14.2 Å². The maximum absolute atomic E-state index is 12.9. The fourth-order valence-corrected chi connectivity index (χ4v) is 8.38. The molecule has 0 heterocycles. The third kappa shape index (κ3) is 57.4. The summed E-state index contributed by atoms with van der Waals surface area (Å²) >= 11 is 0. The van der Waals surface area contributed by atoms with Gasteiger partial charge in [0.1, 0.15) is 13.2 Å². The van der Waals surface area contributed by atoms with Crippen molar-refractivity contribution < 1.29 is 28.6 Å². The van der Waals surface area contributed by atoms with Gasteiger partial charge in [0.25, 0.3) is 0 Å². The Morgan fingerprint density at radius 1 is 0.296 bits per heavy atom. The van der Waals surface area contributed by atoms with Crippen molar-refractivity contribution in [3.8, 4) is 0 Å². The summed E-state index contributed by atoms with van der Waals surface area (Å²) in [5.41, 5.74) is 0. The first-order valence-electron chi connectivity index (χ1n) is 30.1. The second-order valence-corrected chi connectivity index (χ2v) is 19.9. The maximum atomic E-state index is 12.9. The van der Waals surface area contributed by atoms with Gasteiger partial charge in [-0.05, 0) is 96.3 Å². The van der Waals surface area contributed by atoms with Crippen LogP contribution in [0, 0.1) is 0 Å². The molecule has 408 valence electrons. The summed E-state index contributed by atoms with van der Waals surface area (Å²) in [6.07, 6.45) is 77.3. The van der Waals surface area contributed by atoms with Gasteiger partial charge in [0, 0.05) is 19.3 Å². The van der Waals surface area contributed by atoms with Gasteiger partial charge in [-0.3, -0.25) is 14.4 Å². The number of hydrogen-bond donors (Lipinski definition) is 0. The average molecular weight is 990 g/mol. The van der Waals surface area contributed by atoms with Gasteiger partial charge in [-0.1, -0.05) is 260 Å². The van der Waals surface area contributed by atoms with Crippen LogP contribution >= 0.6 is 0 Å². The lowest BCUT2D eigenvalue weighted by molar-refractivity contribution is -0.167. The van der Waals surface area contributed by atoms with Gasteiger partial charge in [-0.2, -0.15) is 0 Å². The van der Waals surface area contributed by atoms with E-state index in [-0.39, 0.29) is 31.1 Å². The molecule has 0 saturated heterocycles. The van der Waals surface area contributed by atoms with Crippen LogP contribution in [0.1, 0.15) is 290 Å². The molecule has 0 aliphatic heterocycles. The van der Waals surface area contributed by atoms with Crippen LogP contribution in [0.2, 0.25) is 0 Å². The Kier molecular flexibility index (Phi) is 56.3. The van der Waals surface area contributed by atoms with Crippen molar-refractivity contribution in [3.05, 3.63) is 85.1 Å². The molecular weight excluding hydrogens is 877 g/mol. The topological polar surface area (TPSA) is 78.9 Å². The van der Waals surface area contributed by atoms with E-state index < -0.39 is 6.10 Å². The highest BCUT2D eigenvalue weighted by Crippen LogP contribution is 2.16. The molecule has 0 aromatic heterocycles. The van der Waals surface area contributed by atoms with Crippen molar-refractivity contribution in [2.24, 2.45) is 0 Å². The van der Waals surface area contributed by atoms with Gasteiger partial charge in [0.15, 0.2) is 6.10 Å². The predicted molar refractivity (Wildman–Crippen MR) is 307 cm³/mol. The molecule has 6 heteroatoms. The summed E-state index contributed by atoms with van der Waals surface area (Å²) in [4.78, 5) is 38.2. The van der Waals surface area contributed by atoms with E-state index in [9.17, 15) is 14.4 Å². The standard InChI is InChI=1S/C65H112O6/c1-4-7-10-13-16-19-22-24-26-28-30-32-34-36-38-40-43-46-49-52-55-58-64(67)70-61-62(60-69-63(66)57-54-51-48-45-42-21-18-15-12-9-6-3)71-65(68)59-56-53-50-47-44-41-39-37-35-33-31-29-27-25-23-20-17-14-11-8-5-2/h7,10,16,19,24,26,29-32,36,38,43,46,62H,4-6,8-9,11-15,17-18,20-23,25,27-28,33-35,37,39-42,44-45,47-61H2,1-3H3/b10-7-,19-16-,26-24-,31-29-,32-30-,38-36-,46-43-. The summed E-state index contributed by atoms with van der Waals surface area (Å²) < 4.78 is 16.8. The lowest BCUT2D eigenvalue weighted by Crippen LogP contribution is -2.30. The molecular formula is C65H112O6. The number of hydrogen-bond acceptors (Lipinski definition) is 6. The SMILES string of the molecule is CC/C=C\C/C=C\C/C=C\C/C=C\C/C=C\C/C=C\CCCCC(=O)OCC(COC(=O)CCCCCCCCCCCCC)OC(=O)CCCCCCCCCCC/C=C\CCCCCCCCCC. The molecule has 1 unspecified atom stereocenters. The van der Waals surface area contributed by atoms with Gasteiger partial charge >= 0.3 is 17.9 Å². The number of esters is 3. The molecule has 0 aliphatic carbocycles. The second kappa shape index (κ2) is 59.2. The minimum atomic E-state index is -0.794. The summed E-state index contributed by atoms with van der Waals surface area (Å²) in [5.74, 6) is -0.929. The molecule has 0 amide bonds. The molecule has 0 radical (unpaired) electrons. The molecule has 0 spiro atoms. The predicted octanol–water partition coefficient (Wildman–Crippen LogP) is 20.3. The normalized spacial score (nSPS) is 12.7. The van der Waals surface area contributed by atoms with Crippen LogP contribution in [0.5, 0.6) is 0 Å². The Hall–Kier alpha value is -3.41. The molecule has 0 rings (SSSR count). The zero-order valence-electron chi connectivity index (χ0n) is 46.7. The van der Waals surface area contributed by atoms with Crippen molar-refractivity contribution in [2.45, 2.75) is 297 Å². The van der Waals surface area contributed by atoms with Crippen molar-refractivity contribution in [3.63, 3.8) is 0 Å². The first-order valence-corrected chi connectivity index (χ1v) is 30.1. The quantitative estimate of drug-likeness (QED) is 0.0261. The van der Waals surface area contributed by atoms with Crippen molar-refractivity contribution in [2.75, 3.05) is 13.2 Å². The lowest BCUT2D eigenvalue weighted by Gasteiger charge is -2.18. The number of carbonyl (C=O) groups excluding carboxylic acids is 3. The Bertz CT molecular complexity index is 1370. The smallest absolute Gasteiger partial charge is 0.306 e. The lowest BCUT2D eigenvalue weighted by atomic mass is 10.1. The molecule has 0 aromatic rings.